The highest BCUT2D eigenvalue weighted by molar-refractivity contribution is 9.10. The lowest BCUT2D eigenvalue weighted by atomic mass is 9.93. The van der Waals surface area contributed by atoms with Crippen molar-refractivity contribution in [1.29, 1.82) is 0 Å². The van der Waals surface area contributed by atoms with Crippen molar-refractivity contribution in [2.24, 2.45) is 10.4 Å². The molecule has 1 atom stereocenters. The Kier molecular flexibility index (Phi) is 4.89. The normalized spacial score (nSPS) is 23.1. The predicted octanol–water partition coefficient (Wildman–Crippen LogP) is 7.54. The van der Waals surface area contributed by atoms with E-state index in [-0.39, 0.29) is 28.7 Å². The summed E-state index contributed by atoms with van der Waals surface area (Å²) in [7, 11) is 0. The molecule has 0 radical (unpaired) electrons. The highest BCUT2D eigenvalue weighted by Crippen LogP contribution is 2.56. The third kappa shape index (κ3) is 3.83. The zero-order valence-corrected chi connectivity index (χ0v) is 21.6. The first-order valence-corrected chi connectivity index (χ1v) is 12.8. The van der Waals surface area contributed by atoms with E-state index in [9.17, 15) is 4.79 Å². The Bertz CT molecular complexity index is 1320. The van der Waals surface area contributed by atoms with Gasteiger partial charge >= 0.3 is 6.09 Å². The van der Waals surface area contributed by atoms with Crippen LogP contribution in [0.5, 0.6) is 0 Å². The molecule has 6 rings (SSSR count). The molecule has 2 aliphatic heterocycles. The largest absolute Gasteiger partial charge is 0.444 e. The number of benzene rings is 2. The number of amides is 1. The minimum Gasteiger partial charge on any atom is -0.444 e. The van der Waals surface area contributed by atoms with Crippen LogP contribution in [0.2, 0.25) is 0 Å². The Labute approximate surface area is 212 Å². The SMILES string of the molecule is CC(C)(C)OC(=O)N1CC2(CC2)CC1C1=NC=C(c2ccc3c(c2)C(F)(F)c2cc(Br)ccc2-3)C1. The molecule has 0 bridgehead atoms. The first-order chi connectivity index (χ1) is 16.5. The number of halogens is 3. The lowest BCUT2D eigenvalue weighted by Crippen LogP contribution is -2.43. The minimum absolute atomic E-state index is 0.0325. The summed E-state index contributed by atoms with van der Waals surface area (Å²) >= 11 is 3.32. The second-order valence-corrected chi connectivity index (χ2v) is 12.2. The Balaban J connectivity index is 1.24. The second-order valence-electron chi connectivity index (χ2n) is 11.3. The van der Waals surface area contributed by atoms with Gasteiger partial charge in [0.15, 0.2) is 0 Å². The summed E-state index contributed by atoms with van der Waals surface area (Å²) in [5, 5.41) is 0. The molecule has 2 aliphatic carbocycles. The summed E-state index contributed by atoms with van der Waals surface area (Å²) in [6.45, 7) is 6.31. The van der Waals surface area contributed by atoms with Crippen LogP contribution in [-0.2, 0) is 10.7 Å². The van der Waals surface area contributed by atoms with Crippen molar-refractivity contribution >= 4 is 33.3 Å². The fourth-order valence-electron chi connectivity index (χ4n) is 5.63. The highest BCUT2D eigenvalue weighted by Gasteiger charge is 2.55. The van der Waals surface area contributed by atoms with Gasteiger partial charge in [0.1, 0.15) is 5.60 Å². The third-order valence-electron chi connectivity index (χ3n) is 7.57. The molecule has 1 unspecified atom stereocenters. The number of allylic oxidation sites excluding steroid dienone is 1. The molecular formula is C28H27BrF2N2O2. The summed E-state index contributed by atoms with van der Waals surface area (Å²) in [6.07, 6.45) is 5.14. The molecule has 1 saturated carbocycles. The molecule has 2 heterocycles. The van der Waals surface area contributed by atoms with Gasteiger partial charge in [0.2, 0.25) is 0 Å². The van der Waals surface area contributed by atoms with Crippen LogP contribution in [0.25, 0.3) is 16.7 Å². The van der Waals surface area contributed by atoms with E-state index in [1.54, 1.807) is 30.5 Å². The van der Waals surface area contributed by atoms with Crippen LogP contribution >= 0.6 is 15.9 Å². The first kappa shape index (κ1) is 22.9. The van der Waals surface area contributed by atoms with Crippen molar-refractivity contribution in [3.05, 3.63) is 63.8 Å². The van der Waals surface area contributed by atoms with Gasteiger partial charge in [-0.1, -0.05) is 34.1 Å². The van der Waals surface area contributed by atoms with Crippen LogP contribution in [0.15, 0.2) is 52.1 Å². The number of aliphatic imine (C=N–C) groups is 1. The number of alkyl halides is 2. The van der Waals surface area contributed by atoms with Crippen LogP contribution in [0.4, 0.5) is 13.6 Å². The van der Waals surface area contributed by atoms with Gasteiger partial charge in [0.05, 0.1) is 6.04 Å². The molecule has 2 fully saturated rings. The maximum Gasteiger partial charge on any atom is 0.410 e. The first-order valence-electron chi connectivity index (χ1n) is 12.0. The van der Waals surface area contributed by atoms with Crippen LogP contribution in [-0.4, -0.2) is 34.9 Å². The van der Waals surface area contributed by atoms with E-state index in [2.05, 4.69) is 15.9 Å². The molecule has 0 aromatic heterocycles. The van der Waals surface area contributed by atoms with Crippen LogP contribution < -0.4 is 0 Å². The van der Waals surface area contributed by atoms with Gasteiger partial charge in [-0.2, -0.15) is 8.78 Å². The Morgan fingerprint density at radius 3 is 2.49 bits per heavy atom. The van der Waals surface area contributed by atoms with Gasteiger partial charge in [-0.15, -0.1) is 0 Å². The van der Waals surface area contributed by atoms with Crippen molar-refractivity contribution in [3.8, 4) is 11.1 Å². The van der Waals surface area contributed by atoms with E-state index in [1.165, 1.54) is 6.07 Å². The highest BCUT2D eigenvalue weighted by atomic mass is 79.9. The maximum atomic E-state index is 15.3. The molecule has 35 heavy (non-hydrogen) atoms. The number of ether oxygens (including phenoxy) is 1. The molecule has 182 valence electrons. The van der Waals surface area contributed by atoms with E-state index in [0.29, 0.717) is 28.6 Å². The van der Waals surface area contributed by atoms with Crippen molar-refractivity contribution < 1.29 is 18.3 Å². The van der Waals surface area contributed by atoms with Gasteiger partial charge in [-0.3, -0.25) is 9.89 Å². The zero-order valence-electron chi connectivity index (χ0n) is 20.0. The number of hydrogen-bond donors (Lipinski definition) is 0. The lowest BCUT2D eigenvalue weighted by Gasteiger charge is -2.28. The topological polar surface area (TPSA) is 41.9 Å². The quantitative estimate of drug-likeness (QED) is 0.394. The van der Waals surface area contributed by atoms with Crippen LogP contribution in [0.1, 0.15) is 63.1 Å². The van der Waals surface area contributed by atoms with Gasteiger partial charge in [-0.25, -0.2) is 4.79 Å². The number of carbonyl (C=O) groups is 1. The molecule has 1 amide bonds. The second kappa shape index (κ2) is 7.48. The average molecular weight is 541 g/mol. The molecule has 4 aliphatic rings. The molecule has 7 heteroatoms. The summed E-state index contributed by atoms with van der Waals surface area (Å²) in [6, 6.07) is 10.2. The molecule has 1 saturated heterocycles. The number of rotatable bonds is 2. The van der Waals surface area contributed by atoms with Crippen molar-refractivity contribution in [3.63, 3.8) is 0 Å². The fourth-order valence-corrected chi connectivity index (χ4v) is 5.99. The number of hydrogen-bond acceptors (Lipinski definition) is 3. The number of fused-ring (bicyclic) bond motifs is 3. The summed E-state index contributed by atoms with van der Waals surface area (Å²) in [5.41, 5.74) is 3.39. The van der Waals surface area contributed by atoms with Gasteiger partial charge in [0.25, 0.3) is 5.92 Å². The molecule has 2 aromatic carbocycles. The van der Waals surface area contributed by atoms with E-state index in [4.69, 9.17) is 9.73 Å². The number of likely N-dealkylation sites (tertiary alicyclic amines) is 1. The predicted molar refractivity (Wildman–Crippen MR) is 136 cm³/mol. The minimum atomic E-state index is -3.05. The maximum absolute atomic E-state index is 15.3. The summed E-state index contributed by atoms with van der Waals surface area (Å²) in [5.74, 6) is -3.05. The Hall–Kier alpha value is -2.54. The van der Waals surface area contributed by atoms with Crippen LogP contribution in [0, 0.1) is 5.41 Å². The van der Waals surface area contributed by atoms with Crippen LogP contribution in [0.3, 0.4) is 0 Å². The van der Waals surface area contributed by atoms with E-state index in [0.717, 1.165) is 36.1 Å². The van der Waals surface area contributed by atoms with E-state index >= 15 is 8.78 Å². The zero-order chi connectivity index (χ0) is 24.8. The van der Waals surface area contributed by atoms with Crippen molar-refractivity contribution in [2.45, 2.75) is 64.0 Å². The standard InChI is InChI=1S/C28H27BrF2N2O2/c1-26(2,3)35-25(34)33-15-27(8-9-27)13-24(33)23-11-17(14-32-23)16-4-6-19-20-7-5-18(29)12-22(20)28(30,31)21(19)10-16/h4-7,10,12,14,24H,8-9,11,13,15H2,1-3H3. The molecule has 4 nitrogen and oxygen atoms in total. The third-order valence-corrected chi connectivity index (χ3v) is 8.07. The molecule has 1 spiro atoms. The van der Waals surface area contributed by atoms with E-state index in [1.807, 2.05) is 31.7 Å². The van der Waals surface area contributed by atoms with Crippen molar-refractivity contribution in [1.82, 2.24) is 4.90 Å². The van der Waals surface area contributed by atoms with Gasteiger partial charge in [0, 0.05) is 40.5 Å². The molecular weight excluding hydrogens is 514 g/mol. The van der Waals surface area contributed by atoms with Gasteiger partial charge in [-0.05, 0) is 85.9 Å². The molecule has 2 aromatic rings. The lowest BCUT2D eigenvalue weighted by molar-refractivity contribution is 0.0257. The fraction of sp³-hybridized carbons (Fsp3) is 0.429. The summed E-state index contributed by atoms with van der Waals surface area (Å²) in [4.78, 5) is 19.5. The Morgan fingerprint density at radius 1 is 1.11 bits per heavy atom. The van der Waals surface area contributed by atoms with Gasteiger partial charge < -0.3 is 4.74 Å². The van der Waals surface area contributed by atoms with E-state index < -0.39 is 11.5 Å². The number of carbonyl (C=O) groups excluding carboxylic acids is 1. The smallest absolute Gasteiger partial charge is 0.410 e. The summed E-state index contributed by atoms with van der Waals surface area (Å²) < 4.78 is 37.0. The monoisotopic (exact) mass is 540 g/mol. The number of nitrogens with zero attached hydrogens (tertiary/aromatic N) is 2. The Morgan fingerprint density at radius 2 is 1.80 bits per heavy atom. The van der Waals surface area contributed by atoms with Crippen molar-refractivity contribution in [2.75, 3.05) is 6.54 Å². The average Bonchev–Trinajstić information content (AvgIpc) is 3.12. The molecule has 0 N–H and O–H groups in total.